The summed E-state index contributed by atoms with van der Waals surface area (Å²) in [4.78, 5) is 1.36. The number of benzene rings is 4. The summed E-state index contributed by atoms with van der Waals surface area (Å²) in [6, 6.07) is 26.4. The summed E-state index contributed by atoms with van der Waals surface area (Å²) in [5, 5.41) is 8.16. The van der Waals surface area contributed by atoms with Gasteiger partial charge >= 0.3 is 0 Å². The van der Waals surface area contributed by atoms with Crippen molar-refractivity contribution < 1.29 is 4.57 Å². The first-order chi connectivity index (χ1) is 13.7. The molecular weight excluding hydrogens is 378 g/mol. The van der Waals surface area contributed by atoms with E-state index in [-0.39, 0.29) is 0 Å². The van der Waals surface area contributed by atoms with Gasteiger partial charge in [0.2, 0.25) is 0 Å². The molecule has 2 heterocycles. The van der Waals surface area contributed by atoms with Gasteiger partial charge in [0.15, 0.2) is 0 Å². The molecule has 0 N–H and O–H groups in total. The molecule has 28 heavy (non-hydrogen) atoms. The molecule has 0 radical (unpaired) electrons. The molecule has 0 aliphatic heterocycles. The molecule has 4 aromatic carbocycles. The van der Waals surface area contributed by atoms with E-state index in [9.17, 15) is 0 Å². The molecule has 2 aromatic heterocycles. The van der Waals surface area contributed by atoms with Crippen molar-refractivity contribution in [2.75, 3.05) is 0 Å². The van der Waals surface area contributed by atoms with Crippen LogP contribution in [0.25, 0.3) is 51.7 Å². The van der Waals surface area contributed by atoms with E-state index in [1.165, 1.54) is 57.3 Å². The number of hydrogen-bond acceptors (Lipinski definition) is 2. The molecular formula is C25H18NS2+. The quantitative estimate of drug-likeness (QED) is 0.204. The lowest BCUT2D eigenvalue weighted by Gasteiger charge is -2.06. The second-order valence-electron chi connectivity index (χ2n) is 7.31. The molecule has 0 saturated carbocycles. The molecule has 0 spiro atoms. The maximum absolute atomic E-state index is 2.39. The lowest BCUT2D eigenvalue weighted by molar-refractivity contribution is -0.627. The Morgan fingerprint density at radius 2 is 1.25 bits per heavy atom. The molecule has 0 bridgehead atoms. The van der Waals surface area contributed by atoms with Crippen molar-refractivity contribution in [3.05, 3.63) is 78.4 Å². The van der Waals surface area contributed by atoms with E-state index in [0.717, 1.165) is 0 Å². The van der Waals surface area contributed by atoms with Gasteiger partial charge in [0.1, 0.15) is 11.7 Å². The number of thiazole rings is 1. The zero-order valence-corrected chi connectivity index (χ0v) is 17.3. The van der Waals surface area contributed by atoms with Crippen molar-refractivity contribution in [3.63, 3.8) is 0 Å². The van der Waals surface area contributed by atoms with E-state index in [2.05, 4.69) is 91.3 Å². The Balaban J connectivity index is 1.83. The monoisotopic (exact) mass is 396 g/mol. The fourth-order valence-corrected chi connectivity index (χ4v) is 7.20. The van der Waals surface area contributed by atoms with E-state index >= 15 is 0 Å². The van der Waals surface area contributed by atoms with Crippen LogP contribution < -0.4 is 4.57 Å². The second-order valence-corrected chi connectivity index (χ2v) is 9.31. The van der Waals surface area contributed by atoms with Crippen LogP contribution in [-0.4, -0.2) is 0 Å². The molecule has 0 atom stereocenters. The summed E-state index contributed by atoms with van der Waals surface area (Å²) in [6.45, 7) is 2.20. The van der Waals surface area contributed by atoms with Crippen LogP contribution in [0.3, 0.4) is 0 Å². The minimum Gasteiger partial charge on any atom is -0.175 e. The van der Waals surface area contributed by atoms with Crippen LogP contribution in [0.5, 0.6) is 0 Å². The molecule has 6 aromatic rings. The highest BCUT2D eigenvalue weighted by molar-refractivity contribution is 7.33. The number of nitrogens with zero attached hydrogens (tertiary/aromatic N) is 1. The van der Waals surface area contributed by atoms with Crippen LogP contribution in [0.4, 0.5) is 0 Å². The third-order valence-corrected chi connectivity index (χ3v) is 8.41. The molecule has 1 nitrogen and oxygen atoms in total. The molecule has 6 rings (SSSR count). The van der Waals surface area contributed by atoms with Crippen LogP contribution in [0.2, 0.25) is 0 Å². The van der Waals surface area contributed by atoms with E-state index in [1.54, 1.807) is 0 Å². The SMILES string of the molecule is Cc1ccccc1-c1sc2c3c4ccccc4c4ccccc4c3sc2[n+]1C. The average molecular weight is 397 g/mol. The van der Waals surface area contributed by atoms with Crippen LogP contribution in [0.15, 0.2) is 72.8 Å². The summed E-state index contributed by atoms with van der Waals surface area (Å²) < 4.78 is 5.20. The average Bonchev–Trinajstić information content (AvgIpc) is 3.26. The number of aryl methyl sites for hydroxylation is 2. The zero-order chi connectivity index (χ0) is 18.8. The Morgan fingerprint density at radius 1 is 0.643 bits per heavy atom. The first-order valence-corrected chi connectivity index (χ1v) is 11.1. The lowest BCUT2D eigenvalue weighted by atomic mass is 9.99. The fourth-order valence-electron chi connectivity index (χ4n) is 4.31. The normalized spacial score (nSPS) is 11.9. The maximum Gasteiger partial charge on any atom is 0.281 e. The van der Waals surface area contributed by atoms with Crippen LogP contribution in [0.1, 0.15) is 5.56 Å². The molecule has 0 fully saturated rings. The van der Waals surface area contributed by atoms with Crippen molar-refractivity contribution >= 4 is 63.8 Å². The standard InChI is InChI=1S/C25H18NS2/c1-15-9-3-4-10-16(15)24-26(2)25-23(28-24)21-19-13-7-5-11-17(19)18-12-6-8-14-20(18)22(21)27-25/h3-14H,1-2H3/q+1. The Kier molecular flexibility index (Phi) is 3.40. The maximum atomic E-state index is 2.39. The van der Waals surface area contributed by atoms with Gasteiger partial charge in [0.05, 0.1) is 10.3 Å². The van der Waals surface area contributed by atoms with Gasteiger partial charge in [0, 0.05) is 10.8 Å². The van der Waals surface area contributed by atoms with E-state index in [4.69, 9.17) is 0 Å². The Hall–Kier alpha value is -2.75. The van der Waals surface area contributed by atoms with Crippen LogP contribution in [0, 0.1) is 6.92 Å². The van der Waals surface area contributed by atoms with E-state index in [0.29, 0.717) is 0 Å². The van der Waals surface area contributed by atoms with Gasteiger partial charge in [-0.05, 0) is 34.7 Å². The fraction of sp³-hybridized carbons (Fsp3) is 0.0800. The van der Waals surface area contributed by atoms with E-state index in [1.807, 2.05) is 22.7 Å². The van der Waals surface area contributed by atoms with Crippen molar-refractivity contribution in [1.82, 2.24) is 0 Å². The first-order valence-electron chi connectivity index (χ1n) is 9.44. The first kappa shape index (κ1) is 16.2. The number of hydrogen-bond donors (Lipinski definition) is 0. The summed E-state index contributed by atoms with van der Waals surface area (Å²) in [5.74, 6) is 0. The van der Waals surface area contributed by atoms with Gasteiger partial charge in [-0.25, -0.2) is 0 Å². The minimum atomic E-state index is 1.33. The molecule has 134 valence electrons. The summed E-state index contributed by atoms with van der Waals surface area (Å²) in [7, 11) is 2.21. The van der Waals surface area contributed by atoms with Crippen LogP contribution in [-0.2, 0) is 7.05 Å². The van der Waals surface area contributed by atoms with Crippen molar-refractivity contribution in [3.8, 4) is 10.6 Å². The van der Waals surface area contributed by atoms with Crippen molar-refractivity contribution in [2.24, 2.45) is 7.05 Å². The second kappa shape index (κ2) is 5.87. The van der Waals surface area contributed by atoms with Gasteiger partial charge in [-0.2, -0.15) is 4.57 Å². The largest absolute Gasteiger partial charge is 0.281 e. The molecule has 3 heteroatoms. The highest BCUT2D eigenvalue weighted by atomic mass is 32.1. The molecule has 0 aliphatic carbocycles. The van der Waals surface area contributed by atoms with Gasteiger partial charge < -0.3 is 0 Å². The lowest BCUT2D eigenvalue weighted by Crippen LogP contribution is -2.27. The molecule has 0 saturated heterocycles. The summed E-state index contributed by atoms with van der Waals surface area (Å²) >= 11 is 3.85. The Bertz CT molecular complexity index is 1530. The third-order valence-electron chi connectivity index (χ3n) is 5.69. The summed E-state index contributed by atoms with van der Waals surface area (Å²) in [6.07, 6.45) is 0. The Labute approximate surface area is 171 Å². The molecule has 0 unspecified atom stereocenters. The number of thiophene rings is 1. The predicted molar refractivity (Wildman–Crippen MR) is 124 cm³/mol. The van der Waals surface area contributed by atoms with E-state index < -0.39 is 0 Å². The topological polar surface area (TPSA) is 3.88 Å². The minimum absolute atomic E-state index is 1.33. The van der Waals surface area contributed by atoms with Crippen LogP contribution >= 0.6 is 22.7 Å². The predicted octanol–water partition coefficient (Wildman–Crippen LogP) is 7.22. The van der Waals surface area contributed by atoms with Gasteiger partial charge in [-0.3, -0.25) is 0 Å². The van der Waals surface area contributed by atoms with Crippen molar-refractivity contribution in [1.29, 1.82) is 0 Å². The molecule has 0 aliphatic rings. The summed E-state index contributed by atoms with van der Waals surface area (Å²) in [5.41, 5.74) is 2.66. The van der Waals surface area contributed by atoms with Gasteiger partial charge in [-0.15, -0.1) is 0 Å². The smallest absolute Gasteiger partial charge is 0.175 e. The zero-order valence-electron chi connectivity index (χ0n) is 15.7. The van der Waals surface area contributed by atoms with Gasteiger partial charge in [0.25, 0.3) is 9.84 Å². The third kappa shape index (κ3) is 2.09. The number of rotatable bonds is 1. The highest BCUT2D eigenvalue weighted by Gasteiger charge is 2.26. The number of fused-ring (bicyclic) bond motifs is 8. The van der Waals surface area contributed by atoms with Gasteiger partial charge in [-0.1, -0.05) is 89.4 Å². The Morgan fingerprint density at radius 3 is 2.00 bits per heavy atom. The highest BCUT2D eigenvalue weighted by Crippen LogP contribution is 2.46. The molecule has 0 amide bonds. The van der Waals surface area contributed by atoms with Crippen molar-refractivity contribution in [2.45, 2.75) is 6.92 Å². The number of aromatic nitrogens is 1.